The number of aldehydes is 1. The van der Waals surface area contributed by atoms with Crippen LogP contribution in [0.4, 0.5) is 5.69 Å². The summed E-state index contributed by atoms with van der Waals surface area (Å²) in [4.78, 5) is 23.5. The van der Waals surface area contributed by atoms with E-state index >= 15 is 0 Å². The highest BCUT2D eigenvalue weighted by Gasteiger charge is 2.29. The van der Waals surface area contributed by atoms with Gasteiger partial charge in [0.25, 0.3) is 5.88 Å². The molecule has 0 aliphatic carbocycles. The predicted molar refractivity (Wildman–Crippen MR) is 150 cm³/mol. The Morgan fingerprint density at radius 3 is 2.54 bits per heavy atom. The van der Waals surface area contributed by atoms with Crippen LogP contribution in [0.1, 0.15) is 29.3 Å². The van der Waals surface area contributed by atoms with Gasteiger partial charge >= 0.3 is 0 Å². The van der Waals surface area contributed by atoms with Crippen LogP contribution in [0.2, 0.25) is 0 Å². The number of hydrogen-bond donors (Lipinski definition) is 0. The van der Waals surface area contributed by atoms with Gasteiger partial charge in [0.2, 0.25) is 0 Å². The molecule has 0 radical (unpaired) electrons. The summed E-state index contributed by atoms with van der Waals surface area (Å²) in [6.45, 7) is 2.65. The summed E-state index contributed by atoms with van der Waals surface area (Å²) in [6.07, 6.45) is 8.03. The lowest BCUT2D eigenvalue weighted by Gasteiger charge is -2.33. The van der Waals surface area contributed by atoms with E-state index in [2.05, 4.69) is 16.0 Å². The van der Waals surface area contributed by atoms with E-state index < -0.39 is 6.04 Å². The van der Waals surface area contributed by atoms with Gasteiger partial charge in [0.15, 0.2) is 5.75 Å². The molecule has 0 saturated heterocycles. The highest BCUT2D eigenvalue weighted by molar-refractivity contribution is 5.99. The maximum Gasteiger partial charge on any atom is 0.257 e. The maximum absolute atomic E-state index is 12.6. The molecule has 0 spiro atoms. The predicted octanol–water partition coefficient (Wildman–Crippen LogP) is 5.84. The van der Waals surface area contributed by atoms with Crippen LogP contribution in [0.5, 0.6) is 11.6 Å². The van der Waals surface area contributed by atoms with Crippen LogP contribution in [-0.2, 0) is 11.4 Å². The summed E-state index contributed by atoms with van der Waals surface area (Å²) < 4.78 is 11.9. The van der Waals surface area contributed by atoms with E-state index in [9.17, 15) is 10.1 Å². The molecular weight excluding hydrogens is 488 g/mol. The number of hydrogen-bond acceptors (Lipinski definition) is 7. The first-order chi connectivity index (χ1) is 19.2. The van der Waals surface area contributed by atoms with Crippen LogP contribution in [0.3, 0.4) is 0 Å². The zero-order chi connectivity index (χ0) is 27.0. The van der Waals surface area contributed by atoms with E-state index in [1.54, 1.807) is 24.5 Å². The Hall–Kier alpha value is -5.22. The SMILES string of the molecule is CCOc1cc(N2C=C(c3ccccn3)C=C(c3ccccc3C#N)C2C=O)cnc1OCc1ccccc1. The Morgan fingerprint density at radius 2 is 1.79 bits per heavy atom. The average molecular weight is 515 g/mol. The molecule has 192 valence electrons. The molecule has 2 aromatic heterocycles. The number of ether oxygens (including phenoxy) is 2. The fourth-order valence-corrected chi connectivity index (χ4v) is 4.44. The molecule has 0 bridgehead atoms. The number of benzene rings is 2. The molecule has 0 saturated carbocycles. The van der Waals surface area contributed by atoms with Crippen molar-refractivity contribution < 1.29 is 14.3 Å². The van der Waals surface area contributed by atoms with Crippen molar-refractivity contribution in [2.24, 2.45) is 0 Å². The Bertz CT molecular complexity index is 1560. The number of aromatic nitrogens is 2. The average Bonchev–Trinajstić information content (AvgIpc) is 3.00. The number of carbonyl (C=O) groups excluding carboxylic acids is 1. The lowest BCUT2D eigenvalue weighted by molar-refractivity contribution is -0.107. The van der Waals surface area contributed by atoms with E-state index in [4.69, 9.17) is 9.47 Å². The van der Waals surface area contributed by atoms with Crippen LogP contribution in [-0.4, -0.2) is 28.9 Å². The van der Waals surface area contributed by atoms with Crippen LogP contribution >= 0.6 is 0 Å². The van der Waals surface area contributed by atoms with E-state index in [-0.39, 0.29) is 0 Å². The first-order valence-corrected chi connectivity index (χ1v) is 12.6. The molecule has 3 heterocycles. The number of pyridine rings is 2. The Kier molecular flexibility index (Phi) is 7.75. The van der Waals surface area contributed by atoms with Gasteiger partial charge in [0.05, 0.1) is 35.8 Å². The molecule has 7 heteroatoms. The summed E-state index contributed by atoms with van der Waals surface area (Å²) in [6, 6.07) is 26.1. The standard InChI is InChI=1S/C32H26N4O3/c1-2-38-31-17-26(19-35-32(31)39-22-23-10-4-3-5-11-23)36-20-25(29-14-8-9-15-34-29)16-28(30(36)21-37)27-13-7-6-12-24(27)18-33/h3-17,19-21,30H,2,22H2,1H3. The Labute approximate surface area is 227 Å². The van der Waals surface area contributed by atoms with Gasteiger partial charge < -0.3 is 19.2 Å². The minimum atomic E-state index is -0.709. The molecule has 1 aliphatic heterocycles. The number of allylic oxidation sites excluding steroid dienone is 2. The quantitative estimate of drug-likeness (QED) is 0.259. The minimum absolute atomic E-state index is 0.343. The van der Waals surface area contributed by atoms with E-state index in [1.807, 2.05) is 90.8 Å². The van der Waals surface area contributed by atoms with Crippen molar-refractivity contribution in [2.45, 2.75) is 19.6 Å². The van der Waals surface area contributed by atoms with Gasteiger partial charge in [-0.05, 0) is 47.9 Å². The Morgan fingerprint density at radius 1 is 1.00 bits per heavy atom. The maximum atomic E-state index is 12.6. The summed E-state index contributed by atoms with van der Waals surface area (Å²) in [5.41, 5.74) is 5.03. The smallest absolute Gasteiger partial charge is 0.257 e. The summed E-state index contributed by atoms with van der Waals surface area (Å²) >= 11 is 0. The summed E-state index contributed by atoms with van der Waals surface area (Å²) in [5.74, 6) is 0.834. The second-order valence-electron chi connectivity index (χ2n) is 8.75. The van der Waals surface area contributed by atoms with Crippen LogP contribution in [0.25, 0.3) is 11.1 Å². The van der Waals surface area contributed by atoms with Gasteiger partial charge in [-0.1, -0.05) is 54.6 Å². The van der Waals surface area contributed by atoms with E-state index in [0.717, 1.165) is 23.1 Å². The van der Waals surface area contributed by atoms with Gasteiger partial charge in [0.1, 0.15) is 18.9 Å². The third-order valence-corrected chi connectivity index (χ3v) is 6.28. The monoisotopic (exact) mass is 514 g/mol. The number of anilines is 1. The molecule has 4 aromatic rings. The van der Waals surface area contributed by atoms with Crippen molar-refractivity contribution in [3.8, 4) is 17.7 Å². The van der Waals surface area contributed by atoms with Crippen molar-refractivity contribution >= 4 is 23.1 Å². The van der Waals surface area contributed by atoms with Crippen LogP contribution in [0.15, 0.2) is 104 Å². The normalized spacial score (nSPS) is 14.6. The fraction of sp³-hybridized carbons (Fsp3) is 0.125. The van der Waals surface area contributed by atoms with Gasteiger partial charge in [0, 0.05) is 24.0 Å². The lowest BCUT2D eigenvalue weighted by atomic mass is 9.89. The third-order valence-electron chi connectivity index (χ3n) is 6.28. The highest BCUT2D eigenvalue weighted by Crippen LogP contribution is 2.38. The molecule has 1 atom stereocenters. The summed E-state index contributed by atoms with van der Waals surface area (Å²) in [7, 11) is 0. The molecule has 0 N–H and O–H groups in total. The minimum Gasteiger partial charge on any atom is -0.488 e. The second kappa shape index (κ2) is 11.9. The number of nitrogens with zero attached hydrogens (tertiary/aromatic N) is 4. The molecule has 7 nitrogen and oxygen atoms in total. The van der Waals surface area contributed by atoms with Crippen molar-refractivity contribution in [3.63, 3.8) is 0 Å². The van der Waals surface area contributed by atoms with Crippen molar-refractivity contribution in [1.82, 2.24) is 9.97 Å². The van der Waals surface area contributed by atoms with Crippen molar-refractivity contribution in [2.75, 3.05) is 11.5 Å². The first-order valence-electron chi connectivity index (χ1n) is 12.6. The van der Waals surface area contributed by atoms with Gasteiger partial charge in [-0.15, -0.1) is 0 Å². The Balaban J connectivity index is 1.57. The largest absolute Gasteiger partial charge is 0.488 e. The second-order valence-corrected chi connectivity index (χ2v) is 8.75. The topological polar surface area (TPSA) is 88.3 Å². The van der Waals surface area contributed by atoms with Crippen molar-refractivity contribution in [3.05, 3.63) is 126 Å². The van der Waals surface area contributed by atoms with E-state index in [0.29, 0.717) is 47.2 Å². The molecule has 5 rings (SSSR count). The number of nitriles is 1. The fourth-order valence-electron chi connectivity index (χ4n) is 4.44. The third kappa shape index (κ3) is 5.55. The summed E-state index contributed by atoms with van der Waals surface area (Å²) in [5, 5.41) is 9.79. The van der Waals surface area contributed by atoms with Crippen molar-refractivity contribution in [1.29, 1.82) is 5.26 Å². The molecule has 0 amide bonds. The highest BCUT2D eigenvalue weighted by atomic mass is 16.5. The molecule has 39 heavy (non-hydrogen) atoms. The lowest BCUT2D eigenvalue weighted by Crippen LogP contribution is -2.36. The van der Waals surface area contributed by atoms with E-state index in [1.165, 1.54) is 0 Å². The van der Waals surface area contributed by atoms with Gasteiger partial charge in [-0.2, -0.15) is 5.26 Å². The molecular formula is C32H26N4O3. The molecule has 0 fully saturated rings. The van der Waals surface area contributed by atoms with Gasteiger partial charge in [-0.3, -0.25) is 4.98 Å². The van der Waals surface area contributed by atoms with Gasteiger partial charge in [-0.25, -0.2) is 4.98 Å². The molecule has 1 aliphatic rings. The number of carbonyl (C=O) groups is 1. The first kappa shape index (κ1) is 25.4. The molecule has 2 aromatic carbocycles. The number of rotatable bonds is 9. The van der Waals surface area contributed by atoms with Crippen LogP contribution in [0, 0.1) is 11.3 Å². The zero-order valence-corrected chi connectivity index (χ0v) is 21.4. The molecule has 1 unspecified atom stereocenters. The zero-order valence-electron chi connectivity index (χ0n) is 21.4. The van der Waals surface area contributed by atoms with Crippen LogP contribution < -0.4 is 14.4 Å².